The van der Waals surface area contributed by atoms with Crippen LogP contribution in [0, 0.1) is 0 Å². The minimum absolute atomic E-state index is 0.00264. The fourth-order valence-corrected chi connectivity index (χ4v) is 3.63. The van der Waals surface area contributed by atoms with Crippen LogP contribution in [-0.2, 0) is 4.79 Å². The van der Waals surface area contributed by atoms with E-state index in [0.29, 0.717) is 12.2 Å². The molecule has 0 saturated heterocycles. The first-order valence-electron chi connectivity index (χ1n) is 6.62. The van der Waals surface area contributed by atoms with Gasteiger partial charge in [-0.05, 0) is 17.7 Å². The number of carbonyl (C=O) groups is 1. The van der Waals surface area contributed by atoms with Gasteiger partial charge in [-0.25, -0.2) is 4.98 Å². The van der Waals surface area contributed by atoms with Crippen LogP contribution < -0.4 is 20.1 Å². The summed E-state index contributed by atoms with van der Waals surface area (Å²) in [6, 6.07) is 5.83. The lowest BCUT2D eigenvalue weighted by atomic mass is 9.91. The van der Waals surface area contributed by atoms with Gasteiger partial charge in [-0.1, -0.05) is 17.4 Å². The Morgan fingerprint density at radius 3 is 3.10 bits per heavy atom. The zero-order chi connectivity index (χ0) is 14.4. The Labute approximate surface area is 125 Å². The van der Waals surface area contributed by atoms with Gasteiger partial charge in [-0.2, -0.15) is 0 Å². The summed E-state index contributed by atoms with van der Waals surface area (Å²) in [4.78, 5) is 17.4. The van der Waals surface area contributed by atoms with Crippen molar-refractivity contribution in [2.45, 2.75) is 12.3 Å². The summed E-state index contributed by atoms with van der Waals surface area (Å²) in [5.74, 6) is 2.13. The van der Waals surface area contributed by atoms with Gasteiger partial charge >= 0.3 is 0 Å². The average molecular weight is 303 g/mol. The van der Waals surface area contributed by atoms with E-state index in [0.717, 1.165) is 27.1 Å². The Morgan fingerprint density at radius 1 is 1.38 bits per heavy atom. The Kier molecular flexibility index (Phi) is 2.75. The molecule has 1 aromatic carbocycles. The molecule has 1 atom stereocenters. The Hall–Kier alpha value is -2.28. The Morgan fingerprint density at radius 2 is 2.24 bits per heavy atom. The fraction of sp³-hybridized carbons (Fsp3) is 0.286. The molecule has 0 fully saturated rings. The predicted octanol–water partition coefficient (Wildman–Crippen LogP) is 2.39. The predicted molar refractivity (Wildman–Crippen MR) is 79.3 cm³/mol. The first-order valence-corrected chi connectivity index (χ1v) is 7.44. The highest BCUT2D eigenvalue weighted by Gasteiger charge is 2.31. The standard InChI is InChI=1S/C14H13N3O3S/c1-15-14-17-13-12(21-14)8(5-11(18)16-13)7-2-3-9-10(4-7)20-6-19-9/h2-4,8H,5-6H2,1H3,(H,15,17)(H,16,18)/t8-/m0/s1. The van der Waals surface area contributed by atoms with Gasteiger partial charge in [0.1, 0.15) is 5.82 Å². The zero-order valence-corrected chi connectivity index (χ0v) is 12.1. The number of fused-ring (bicyclic) bond motifs is 2. The summed E-state index contributed by atoms with van der Waals surface area (Å²) in [6.45, 7) is 0.250. The van der Waals surface area contributed by atoms with Crippen LogP contribution in [0.2, 0.25) is 0 Å². The lowest BCUT2D eigenvalue weighted by Crippen LogP contribution is -2.22. The molecule has 7 heteroatoms. The summed E-state index contributed by atoms with van der Waals surface area (Å²) >= 11 is 1.56. The minimum atomic E-state index is -0.0156. The number of aromatic nitrogens is 1. The summed E-state index contributed by atoms with van der Waals surface area (Å²) in [7, 11) is 1.82. The third kappa shape index (κ3) is 2.01. The van der Waals surface area contributed by atoms with Gasteiger partial charge in [0, 0.05) is 19.4 Å². The second-order valence-corrected chi connectivity index (χ2v) is 5.93. The van der Waals surface area contributed by atoms with Crippen LogP contribution in [0.5, 0.6) is 11.5 Å². The molecule has 4 rings (SSSR count). The molecule has 0 aliphatic carbocycles. The van der Waals surface area contributed by atoms with Crippen molar-refractivity contribution in [3.8, 4) is 11.5 Å². The van der Waals surface area contributed by atoms with Gasteiger partial charge in [0.15, 0.2) is 16.6 Å². The third-order valence-corrected chi connectivity index (χ3v) is 4.82. The number of nitrogens with one attached hydrogen (secondary N) is 2. The van der Waals surface area contributed by atoms with E-state index in [1.807, 2.05) is 25.2 Å². The number of ether oxygens (including phenoxy) is 2. The van der Waals surface area contributed by atoms with E-state index < -0.39 is 0 Å². The van der Waals surface area contributed by atoms with E-state index >= 15 is 0 Å². The Bertz CT molecular complexity index is 728. The molecule has 6 nitrogen and oxygen atoms in total. The van der Waals surface area contributed by atoms with E-state index in [4.69, 9.17) is 9.47 Å². The molecule has 2 aliphatic heterocycles. The maximum atomic E-state index is 11.9. The molecular formula is C14H13N3O3S. The van der Waals surface area contributed by atoms with Crippen molar-refractivity contribution >= 4 is 28.2 Å². The smallest absolute Gasteiger partial charge is 0.231 e. The first-order chi connectivity index (χ1) is 10.2. The molecule has 0 unspecified atom stereocenters. The van der Waals surface area contributed by atoms with Crippen LogP contribution in [0.1, 0.15) is 22.8 Å². The molecule has 0 radical (unpaired) electrons. The van der Waals surface area contributed by atoms with Crippen molar-refractivity contribution in [3.63, 3.8) is 0 Å². The van der Waals surface area contributed by atoms with Crippen LogP contribution in [0.3, 0.4) is 0 Å². The second-order valence-electron chi connectivity index (χ2n) is 4.90. The van der Waals surface area contributed by atoms with Crippen LogP contribution in [0.15, 0.2) is 18.2 Å². The SMILES string of the molecule is CNc1nc2c(s1)[C@H](c1ccc3c(c1)OCO3)CC(=O)N2. The number of thiazole rings is 1. The molecule has 2 aliphatic rings. The molecule has 21 heavy (non-hydrogen) atoms. The van der Waals surface area contributed by atoms with Crippen molar-refractivity contribution < 1.29 is 14.3 Å². The zero-order valence-electron chi connectivity index (χ0n) is 11.3. The number of hydrogen-bond acceptors (Lipinski definition) is 6. The molecule has 2 aromatic rings. The van der Waals surface area contributed by atoms with Gasteiger partial charge in [-0.3, -0.25) is 4.79 Å². The largest absolute Gasteiger partial charge is 0.454 e. The normalized spacial score (nSPS) is 19.1. The summed E-state index contributed by atoms with van der Waals surface area (Å²) in [5, 5.41) is 6.65. The van der Waals surface area contributed by atoms with Crippen LogP contribution in [0.4, 0.5) is 10.9 Å². The molecule has 108 valence electrons. The highest BCUT2D eigenvalue weighted by Crippen LogP contribution is 2.44. The fourth-order valence-electron chi connectivity index (χ4n) is 2.62. The van der Waals surface area contributed by atoms with Crippen LogP contribution >= 0.6 is 11.3 Å². The van der Waals surface area contributed by atoms with E-state index in [1.54, 1.807) is 11.3 Å². The van der Waals surface area contributed by atoms with Crippen molar-refractivity contribution in [2.24, 2.45) is 0 Å². The van der Waals surface area contributed by atoms with Gasteiger partial charge in [0.2, 0.25) is 12.7 Å². The molecule has 1 aromatic heterocycles. The Balaban J connectivity index is 1.78. The minimum Gasteiger partial charge on any atom is -0.454 e. The summed E-state index contributed by atoms with van der Waals surface area (Å²) in [6.07, 6.45) is 0.415. The highest BCUT2D eigenvalue weighted by molar-refractivity contribution is 7.16. The van der Waals surface area contributed by atoms with Crippen molar-refractivity contribution in [2.75, 3.05) is 24.5 Å². The molecule has 2 N–H and O–H groups in total. The van der Waals surface area contributed by atoms with E-state index in [-0.39, 0.29) is 18.6 Å². The molecule has 3 heterocycles. The molecule has 1 amide bonds. The third-order valence-electron chi connectivity index (χ3n) is 3.63. The molecule has 0 saturated carbocycles. The lowest BCUT2D eigenvalue weighted by molar-refractivity contribution is -0.116. The number of hydrogen-bond donors (Lipinski definition) is 2. The number of benzene rings is 1. The molecule has 0 spiro atoms. The summed E-state index contributed by atoms with van der Waals surface area (Å²) in [5.41, 5.74) is 1.04. The van der Waals surface area contributed by atoms with Crippen molar-refractivity contribution in [1.29, 1.82) is 0 Å². The average Bonchev–Trinajstić information content (AvgIpc) is 3.11. The molecule has 0 bridgehead atoms. The van der Waals surface area contributed by atoms with Crippen LogP contribution in [-0.4, -0.2) is 24.7 Å². The topological polar surface area (TPSA) is 72.5 Å². The lowest BCUT2D eigenvalue weighted by Gasteiger charge is -2.21. The highest BCUT2D eigenvalue weighted by atomic mass is 32.1. The maximum Gasteiger partial charge on any atom is 0.231 e. The number of nitrogens with zero attached hydrogens (tertiary/aromatic N) is 1. The number of amides is 1. The number of anilines is 2. The second kappa shape index (κ2) is 4.63. The number of carbonyl (C=O) groups excluding carboxylic acids is 1. The maximum absolute atomic E-state index is 11.9. The van der Waals surface area contributed by atoms with Crippen molar-refractivity contribution in [3.05, 3.63) is 28.6 Å². The van der Waals surface area contributed by atoms with E-state index in [1.165, 1.54) is 0 Å². The van der Waals surface area contributed by atoms with Gasteiger partial charge in [0.05, 0.1) is 4.88 Å². The van der Waals surface area contributed by atoms with Gasteiger partial charge in [0.25, 0.3) is 0 Å². The first kappa shape index (κ1) is 12.5. The van der Waals surface area contributed by atoms with Gasteiger partial charge in [-0.15, -0.1) is 0 Å². The van der Waals surface area contributed by atoms with Gasteiger partial charge < -0.3 is 20.1 Å². The van der Waals surface area contributed by atoms with E-state index in [2.05, 4.69) is 15.6 Å². The summed E-state index contributed by atoms with van der Waals surface area (Å²) < 4.78 is 10.8. The van der Waals surface area contributed by atoms with Crippen molar-refractivity contribution in [1.82, 2.24) is 4.98 Å². The molecular weight excluding hydrogens is 290 g/mol. The monoisotopic (exact) mass is 303 g/mol. The number of rotatable bonds is 2. The van der Waals surface area contributed by atoms with E-state index in [9.17, 15) is 4.79 Å². The quantitative estimate of drug-likeness (QED) is 0.891. The van der Waals surface area contributed by atoms with Crippen LogP contribution in [0.25, 0.3) is 0 Å².